The molecule has 4 nitrogen and oxygen atoms in total. The highest BCUT2D eigenvalue weighted by Gasteiger charge is 2.53. The molecule has 296 valence electrons. The number of benzene rings is 8. The molecule has 4 aliphatic rings. The van der Waals surface area contributed by atoms with Crippen molar-refractivity contribution in [1.82, 2.24) is 4.98 Å². The van der Waals surface area contributed by atoms with Gasteiger partial charge < -0.3 is 5.73 Å². The van der Waals surface area contributed by atoms with Gasteiger partial charge in [-0.1, -0.05) is 205 Å². The third kappa shape index (κ3) is 4.88. The van der Waals surface area contributed by atoms with Crippen molar-refractivity contribution >= 4 is 34.3 Å². The Morgan fingerprint density at radius 1 is 0.429 bits per heavy atom. The van der Waals surface area contributed by atoms with E-state index in [-0.39, 0.29) is 4.05 Å². The quantitative estimate of drug-likeness (QED) is 0.0628. The first kappa shape index (κ1) is 36.4. The average Bonchev–Trinajstić information content (AvgIpc) is 4.03. The molecule has 2 N–H and O–H groups in total. The molecule has 0 radical (unpaired) electrons. The second-order valence-electron chi connectivity index (χ2n) is 16.8. The highest BCUT2D eigenvalue weighted by atomic mass is 127. The standard InChI is InChI=1S/C58H37IN4/c59-54(35-28-30-43-41-19-5-11-25-49(41)57(51(43)33-35)45-21-7-1-15-37(45)38-16-2-8-22-46(38)57)62-56(63-55(60)53-27-13-14-32-61-53)36-29-31-44-42-20-6-12-26-50(42)58(52(44)34-36)47-23-9-3-17-39(47)40-18-4-10-24-48(40)58/h1-34,54H,(H2,60,62,63). The number of alkyl halides is 1. The highest BCUT2D eigenvalue weighted by molar-refractivity contribution is 14.1. The van der Waals surface area contributed by atoms with Crippen molar-refractivity contribution in [2.24, 2.45) is 15.7 Å². The van der Waals surface area contributed by atoms with Crippen LogP contribution in [-0.2, 0) is 10.8 Å². The molecule has 4 aliphatic carbocycles. The number of aromatic nitrogens is 1. The summed E-state index contributed by atoms with van der Waals surface area (Å²) in [5.74, 6) is 0.872. The topological polar surface area (TPSA) is 63.6 Å². The molecule has 0 fully saturated rings. The summed E-state index contributed by atoms with van der Waals surface area (Å²) in [6.45, 7) is 0. The number of pyridine rings is 1. The molecule has 1 atom stereocenters. The fourth-order valence-electron chi connectivity index (χ4n) is 11.5. The molecule has 5 heteroatoms. The van der Waals surface area contributed by atoms with Gasteiger partial charge in [0, 0.05) is 11.8 Å². The molecule has 0 bridgehead atoms. The van der Waals surface area contributed by atoms with Crippen LogP contribution in [0.4, 0.5) is 0 Å². The molecule has 9 aromatic rings. The number of amidine groups is 2. The fourth-order valence-corrected chi connectivity index (χ4v) is 12.2. The van der Waals surface area contributed by atoms with Crippen molar-refractivity contribution in [3.63, 3.8) is 0 Å². The van der Waals surface area contributed by atoms with Gasteiger partial charge in [0.1, 0.15) is 9.74 Å². The monoisotopic (exact) mass is 916 g/mol. The van der Waals surface area contributed by atoms with Crippen LogP contribution in [0.2, 0.25) is 0 Å². The van der Waals surface area contributed by atoms with Crippen molar-refractivity contribution in [2.45, 2.75) is 14.9 Å². The lowest BCUT2D eigenvalue weighted by atomic mass is 9.70. The Kier molecular flexibility index (Phi) is 7.89. The molecule has 0 aliphatic heterocycles. The Morgan fingerprint density at radius 3 is 1.24 bits per heavy atom. The van der Waals surface area contributed by atoms with Crippen LogP contribution in [0.25, 0.3) is 44.5 Å². The Morgan fingerprint density at radius 2 is 0.810 bits per heavy atom. The van der Waals surface area contributed by atoms with E-state index in [1.54, 1.807) is 6.20 Å². The Labute approximate surface area is 379 Å². The number of halogens is 1. The molecule has 1 aromatic heterocycles. The SMILES string of the molecule is N/C(=N\C(=N/C(I)c1ccc2c(c1)C1(c3ccccc3-c3ccccc31)c1ccccc1-2)c1ccc2c(c1)C1(c3ccccc3-c3ccccc31)c1ccccc1-2)c1ccccn1. The van der Waals surface area contributed by atoms with Crippen molar-refractivity contribution < 1.29 is 0 Å². The zero-order valence-corrected chi connectivity index (χ0v) is 36.2. The molecule has 1 heterocycles. The van der Waals surface area contributed by atoms with E-state index in [1.165, 1.54) is 89.0 Å². The van der Waals surface area contributed by atoms with E-state index < -0.39 is 10.8 Å². The minimum Gasteiger partial charge on any atom is -0.382 e. The van der Waals surface area contributed by atoms with Gasteiger partial charge in [0.15, 0.2) is 11.7 Å². The maximum Gasteiger partial charge on any atom is 0.158 e. The van der Waals surface area contributed by atoms with Crippen LogP contribution < -0.4 is 5.73 Å². The summed E-state index contributed by atoms with van der Waals surface area (Å²) in [4.78, 5) is 15.3. The van der Waals surface area contributed by atoms with Crippen molar-refractivity contribution in [1.29, 1.82) is 0 Å². The predicted molar refractivity (Wildman–Crippen MR) is 264 cm³/mol. The Bertz CT molecular complexity index is 3330. The highest BCUT2D eigenvalue weighted by Crippen LogP contribution is 2.64. The predicted octanol–water partition coefficient (Wildman–Crippen LogP) is 13.1. The van der Waals surface area contributed by atoms with E-state index in [1.807, 2.05) is 18.2 Å². The van der Waals surface area contributed by atoms with Gasteiger partial charge in [-0.15, -0.1) is 0 Å². The van der Waals surface area contributed by atoms with Gasteiger partial charge in [-0.3, -0.25) is 4.98 Å². The zero-order chi connectivity index (χ0) is 41.9. The van der Waals surface area contributed by atoms with Gasteiger partial charge in [-0.25, -0.2) is 9.98 Å². The second-order valence-corrected chi connectivity index (χ2v) is 18.0. The number of rotatable bonds is 4. The molecule has 0 saturated heterocycles. The van der Waals surface area contributed by atoms with Gasteiger partial charge in [0.2, 0.25) is 0 Å². The first-order valence-electron chi connectivity index (χ1n) is 21.4. The minimum absolute atomic E-state index is 0.303. The van der Waals surface area contributed by atoms with Crippen LogP contribution in [-0.4, -0.2) is 16.7 Å². The number of nitrogens with two attached hydrogens (primary N) is 1. The van der Waals surface area contributed by atoms with E-state index in [4.69, 9.17) is 15.7 Å². The summed E-state index contributed by atoms with van der Waals surface area (Å²) in [6.07, 6.45) is 1.75. The normalized spacial score (nSPS) is 15.5. The molecule has 0 amide bonds. The smallest absolute Gasteiger partial charge is 0.158 e. The minimum atomic E-state index is -0.503. The van der Waals surface area contributed by atoms with Crippen LogP contribution in [0, 0.1) is 0 Å². The number of fused-ring (bicyclic) bond motifs is 20. The van der Waals surface area contributed by atoms with Crippen molar-refractivity contribution in [2.75, 3.05) is 0 Å². The lowest BCUT2D eigenvalue weighted by Crippen LogP contribution is -2.26. The Hall–Kier alpha value is -7.22. The molecule has 1 unspecified atom stereocenters. The summed E-state index contributed by atoms with van der Waals surface area (Å²) in [5.41, 5.74) is 28.9. The van der Waals surface area contributed by atoms with Crippen LogP contribution >= 0.6 is 22.6 Å². The van der Waals surface area contributed by atoms with E-state index >= 15 is 0 Å². The summed E-state index contributed by atoms with van der Waals surface area (Å²) in [7, 11) is 0. The van der Waals surface area contributed by atoms with E-state index in [9.17, 15) is 0 Å². The molecule has 63 heavy (non-hydrogen) atoms. The van der Waals surface area contributed by atoms with E-state index in [0.717, 1.165) is 11.1 Å². The van der Waals surface area contributed by atoms with Gasteiger partial charge in [0.25, 0.3) is 0 Å². The van der Waals surface area contributed by atoms with Gasteiger partial charge in [-0.05, 0) is 113 Å². The summed E-state index contributed by atoms with van der Waals surface area (Å²) in [6, 6.07) is 72.9. The van der Waals surface area contributed by atoms with Crippen molar-refractivity contribution in [3.05, 3.63) is 268 Å². The largest absolute Gasteiger partial charge is 0.382 e. The zero-order valence-electron chi connectivity index (χ0n) is 34.0. The second kappa shape index (κ2) is 13.6. The molecule has 0 saturated carbocycles. The van der Waals surface area contributed by atoms with Crippen LogP contribution in [0.15, 0.2) is 216 Å². The van der Waals surface area contributed by atoms with Gasteiger partial charge >= 0.3 is 0 Å². The maximum atomic E-state index is 6.87. The van der Waals surface area contributed by atoms with E-state index in [2.05, 4.69) is 210 Å². The van der Waals surface area contributed by atoms with Crippen LogP contribution in [0.3, 0.4) is 0 Å². The molecular formula is C58H37IN4. The molecule has 8 aromatic carbocycles. The fraction of sp³-hybridized carbons (Fsp3) is 0.0517. The molecule has 13 rings (SSSR count). The number of nitrogens with zero attached hydrogens (tertiary/aromatic N) is 3. The third-order valence-electron chi connectivity index (χ3n) is 13.9. The lowest BCUT2D eigenvalue weighted by Gasteiger charge is -2.31. The summed E-state index contributed by atoms with van der Waals surface area (Å²) in [5, 5.41) is 0. The Balaban J connectivity index is 1.01. The summed E-state index contributed by atoms with van der Waals surface area (Å²) >= 11 is 2.48. The molecular weight excluding hydrogens is 880 g/mol. The summed E-state index contributed by atoms with van der Waals surface area (Å²) < 4.78 is -0.303. The van der Waals surface area contributed by atoms with Crippen LogP contribution in [0.5, 0.6) is 0 Å². The van der Waals surface area contributed by atoms with Crippen molar-refractivity contribution in [3.8, 4) is 44.5 Å². The van der Waals surface area contributed by atoms with Crippen LogP contribution in [0.1, 0.15) is 65.4 Å². The molecule has 2 spiro atoms. The average molecular weight is 917 g/mol. The first-order valence-corrected chi connectivity index (χ1v) is 22.7. The number of hydrogen-bond donors (Lipinski definition) is 1. The lowest BCUT2D eigenvalue weighted by molar-refractivity contribution is 0.791. The number of hydrogen-bond acceptors (Lipinski definition) is 2. The number of aliphatic imine (C=N–C) groups is 2. The van der Waals surface area contributed by atoms with Gasteiger partial charge in [0.05, 0.1) is 10.8 Å². The first-order chi connectivity index (χ1) is 31.1. The third-order valence-corrected chi connectivity index (χ3v) is 14.9. The van der Waals surface area contributed by atoms with Gasteiger partial charge in [-0.2, -0.15) is 0 Å². The maximum absolute atomic E-state index is 6.87. The van der Waals surface area contributed by atoms with E-state index in [0.29, 0.717) is 17.4 Å².